The van der Waals surface area contributed by atoms with Crippen LogP contribution in [0.2, 0.25) is 0 Å². The van der Waals surface area contributed by atoms with Gasteiger partial charge < -0.3 is 9.47 Å². The number of nitrogens with zero attached hydrogens (tertiary/aromatic N) is 4. The number of aromatic nitrogens is 3. The second-order valence-corrected chi connectivity index (χ2v) is 14.3. The number of hydrogen-bond acceptors (Lipinski definition) is 6. The van der Waals surface area contributed by atoms with Crippen LogP contribution in [0, 0.1) is 11.3 Å². The minimum Gasteiger partial charge on any atom is -0.449 e. The molecule has 0 amide bonds. The van der Waals surface area contributed by atoms with Crippen LogP contribution in [0.5, 0.6) is 23.0 Å². The normalized spacial score (nSPS) is 13.0. The third kappa shape index (κ3) is 5.45. The molecule has 55 heavy (non-hydrogen) atoms. The Kier molecular flexibility index (Phi) is 7.43. The zero-order chi connectivity index (χ0) is 37.1. The van der Waals surface area contributed by atoms with E-state index in [1.54, 1.807) is 6.07 Å². The molecule has 0 saturated heterocycles. The van der Waals surface area contributed by atoms with Gasteiger partial charge in [-0.15, -0.1) is 0 Å². The molecule has 1 aromatic heterocycles. The molecule has 0 unspecified atom stereocenters. The van der Waals surface area contributed by atoms with Gasteiger partial charge in [-0.05, 0) is 75.3 Å². The summed E-state index contributed by atoms with van der Waals surface area (Å²) in [6, 6.07) is 54.8. The van der Waals surface area contributed by atoms with Crippen LogP contribution in [0.25, 0.3) is 67.5 Å². The molecule has 10 rings (SSSR count). The van der Waals surface area contributed by atoms with Gasteiger partial charge in [0.25, 0.3) is 0 Å². The number of fused-ring (bicyclic) bond motifs is 5. The van der Waals surface area contributed by atoms with Gasteiger partial charge in [0.05, 0.1) is 11.6 Å². The predicted molar refractivity (Wildman–Crippen MR) is 216 cm³/mol. The number of rotatable bonds is 5. The van der Waals surface area contributed by atoms with Crippen molar-refractivity contribution in [2.24, 2.45) is 0 Å². The molecule has 6 nitrogen and oxygen atoms in total. The van der Waals surface area contributed by atoms with Gasteiger partial charge in [-0.2, -0.15) is 5.26 Å². The van der Waals surface area contributed by atoms with Crippen molar-refractivity contribution in [2.45, 2.75) is 19.3 Å². The number of ether oxygens (including phenoxy) is 2. The Morgan fingerprint density at radius 2 is 1.04 bits per heavy atom. The minimum absolute atomic E-state index is 0.156. The molecule has 1 aliphatic carbocycles. The third-order valence-electron chi connectivity index (χ3n) is 10.6. The summed E-state index contributed by atoms with van der Waals surface area (Å²) in [5, 5.41) is 9.52. The SMILES string of the molecule is CC1(C)c2ccccc2-c2cc3c(cc21)Oc1cccc(-c2ccccc2-c2nc(-c4ccccc4)nc(-c4cccc(-c5cccc(C#N)c5)c4)n2)c1O3. The van der Waals surface area contributed by atoms with Gasteiger partial charge in [0, 0.05) is 27.7 Å². The van der Waals surface area contributed by atoms with Crippen molar-refractivity contribution in [3.63, 3.8) is 0 Å². The largest absolute Gasteiger partial charge is 0.449 e. The van der Waals surface area contributed by atoms with E-state index in [9.17, 15) is 5.26 Å². The summed E-state index contributed by atoms with van der Waals surface area (Å²) >= 11 is 0. The molecular formula is C49H32N4O2. The first-order valence-electron chi connectivity index (χ1n) is 18.2. The van der Waals surface area contributed by atoms with Crippen LogP contribution in [-0.2, 0) is 5.41 Å². The molecule has 6 heteroatoms. The van der Waals surface area contributed by atoms with Gasteiger partial charge in [-0.1, -0.05) is 135 Å². The minimum atomic E-state index is -0.156. The number of benzene rings is 7. The predicted octanol–water partition coefficient (Wildman–Crippen LogP) is 12.3. The molecule has 260 valence electrons. The summed E-state index contributed by atoms with van der Waals surface area (Å²) in [6.07, 6.45) is 0. The van der Waals surface area contributed by atoms with Gasteiger partial charge in [0.1, 0.15) is 0 Å². The molecule has 0 fully saturated rings. The highest BCUT2D eigenvalue weighted by atomic mass is 16.6. The Bertz CT molecular complexity index is 2870. The van der Waals surface area contributed by atoms with E-state index in [1.807, 2.05) is 97.1 Å². The highest BCUT2D eigenvalue weighted by Gasteiger charge is 2.37. The first-order chi connectivity index (χ1) is 26.9. The topological polar surface area (TPSA) is 80.9 Å². The second kappa shape index (κ2) is 12.6. The molecule has 0 radical (unpaired) electrons. The zero-order valence-electron chi connectivity index (χ0n) is 30.1. The average Bonchev–Trinajstić information content (AvgIpc) is 3.46. The lowest BCUT2D eigenvalue weighted by Gasteiger charge is -2.26. The number of hydrogen-bond donors (Lipinski definition) is 0. The Morgan fingerprint density at radius 3 is 1.85 bits per heavy atom. The summed E-state index contributed by atoms with van der Waals surface area (Å²) in [5.74, 6) is 4.30. The van der Waals surface area contributed by atoms with E-state index in [-0.39, 0.29) is 5.41 Å². The van der Waals surface area contributed by atoms with Gasteiger partial charge in [-0.3, -0.25) is 0 Å². The van der Waals surface area contributed by atoms with E-state index in [2.05, 4.69) is 74.5 Å². The summed E-state index contributed by atoms with van der Waals surface area (Å²) in [7, 11) is 0. The molecule has 0 bridgehead atoms. The summed E-state index contributed by atoms with van der Waals surface area (Å²) < 4.78 is 13.5. The fourth-order valence-electron chi connectivity index (χ4n) is 7.87. The maximum Gasteiger partial charge on any atom is 0.177 e. The average molecular weight is 709 g/mol. The zero-order valence-corrected chi connectivity index (χ0v) is 30.1. The molecule has 0 N–H and O–H groups in total. The Labute approximate surface area is 319 Å². The lowest BCUT2D eigenvalue weighted by atomic mass is 9.82. The van der Waals surface area contributed by atoms with Crippen LogP contribution >= 0.6 is 0 Å². The van der Waals surface area contributed by atoms with Gasteiger partial charge in [0.2, 0.25) is 0 Å². The van der Waals surface area contributed by atoms with Crippen LogP contribution in [0.3, 0.4) is 0 Å². The van der Waals surface area contributed by atoms with Crippen molar-refractivity contribution >= 4 is 0 Å². The molecule has 0 atom stereocenters. The number of para-hydroxylation sites is 1. The fraction of sp³-hybridized carbons (Fsp3) is 0.0612. The third-order valence-corrected chi connectivity index (χ3v) is 10.6. The first-order valence-corrected chi connectivity index (χ1v) is 18.2. The monoisotopic (exact) mass is 708 g/mol. The van der Waals surface area contributed by atoms with E-state index in [0.717, 1.165) is 44.5 Å². The Balaban J connectivity index is 1.09. The molecule has 2 aliphatic rings. The molecule has 0 saturated carbocycles. The van der Waals surface area contributed by atoms with Crippen molar-refractivity contribution < 1.29 is 9.47 Å². The molecule has 8 aromatic rings. The molecule has 2 heterocycles. The van der Waals surface area contributed by atoms with Crippen molar-refractivity contribution in [3.8, 4) is 96.6 Å². The van der Waals surface area contributed by atoms with Gasteiger partial charge >= 0.3 is 0 Å². The molecule has 7 aromatic carbocycles. The quantitative estimate of drug-likeness (QED) is 0.177. The van der Waals surface area contributed by atoms with Crippen molar-refractivity contribution in [3.05, 3.63) is 174 Å². The van der Waals surface area contributed by atoms with Crippen LogP contribution in [0.4, 0.5) is 0 Å². The maximum atomic E-state index is 9.52. The van der Waals surface area contributed by atoms with Crippen LogP contribution in [-0.4, -0.2) is 15.0 Å². The van der Waals surface area contributed by atoms with Crippen molar-refractivity contribution in [1.29, 1.82) is 5.26 Å². The van der Waals surface area contributed by atoms with E-state index in [0.29, 0.717) is 46.0 Å². The van der Waals surface area contributed by atoms with Crippen LogP contribution < -0.4 is 9.47 Å². The number of nitriles is 1. The Hall–Kier alpha value is -7.36. The first kappa shape index (κ1) is 32.3. The molecular weight excluding hydrogens is 677 g/mol. The van der Waals surface area contributed by atoms with Crippen LogP contribution in [0.1, 0.15) is 30.5 Å². The molecule has 0 spiro atoms. The maximum absolute atomic E-state index is 9.52. The fourth-order valence-corrected chi connectivity index (χ4v) is 7.87. The van der Waals surface area contributed by atoms with Crippen molar-refractivity contribution in [1.82, 2.24) is 15.0 Å². The van der Waals surface area contributed by atoms with Gasteiger partial charge in [0.15, 0.2) is 40.5 Å². The smallest absolute Gasteiger partial charge is 0.177 e. The van der Waals surface area contributed by atoms with E-state index < -0.39 is 0 Å². The highest BCUT2D eigenvalue weighted by Crippen LogP contribution is 2.56. The Morgan fingerprint density at radius 1 is 0.436 bits per heavy atom. The lowest BCUT2D eigenvalue weighted by Crippen LogP contribution is -2.15. The van der Waals surface area contributed by atoms with Crippen molar-refractivity contribution in [2.75, 3.05) is 0 Å². The summed E-state index contributed by atoms with van der Waals surface area (Å²) in [5.41, 5.74) is 11.6. The summed E-state index contributed by atoms with van der Waals surface area (Å²) in [4.78, 5) is 15.2. The van der Waals surface area contributed by atoms with E-state index in [1.165, 1.54) is 16.7 Å². The highest BCUT2D eigenvalue weighted by molar-refractivity contribution is 5.88. The standard InChI is InChI=1S/C49H32N4O2/c1-49(2)40-23-9-8-20-36(40)39-27-43-44(28-41(39)49)54-42-24-12-22-37(45(42)55-43)35-19-6-7-21-38(35)48-52-46(31-14-4-3-5-15-31)51-47(53-48)34-18-11-17-33(26-34)32-16-10-13-30(25-32)29-50/h3-28H,1-2H3. The van der Waals surface area contributed by atoms with Gasteiger partial charge in [-0.25, -0.2) is 15.0 Å². The van der Waals surface area contributed by atoms with E-state index >= 15 is 0 Å². The molecule has 1 aliphatic heterocycles. The summed E-state index contributed by atoms with van der Waals surface area (Å²) in [6.45, 7) is 4.52. The van der Waals surface area contributed by atoms with Crippen LogP contribution in [0.15, 0.2) is 158 Å². The van der Waals surface area contributed by atoms with E-state index in [4.69, 9.17) is 24.4 Å². The second-order valence-electron chi connectivity index (χ2n) is 14.3. The lowest BCUT2D eigenvalue weighted by molar-refractivity contribution is 0.360.